The van der Waals surface area contributed by atoms with Crippen LogP contribution in [0, 0.1) is 34.6 Å². The molecule has 0 amide bonds. The molecule has 1 aromatic carbocycles. The van der Waals surface area contributed by atoms with Crippen LogP contribution in [0.1, 0.15) is 39.8 Å². The van der Waals surface area contributed by atoms with Crippen molar-refractivity contribution < 1.29 is 0 Å². The Morgan fingerprint density at radius 1 is 0.714 bits per heavy atom. The number of benzene rings is 1. The standard InChI is InChI=1S/C19H32N2/c1-14-15(2)17(4)19(18(5)16(14)3)8-7-9-21-12-10-20(6)11-13-21/h7-13H2,1-6H3. The molecule has 0 bridgehead atoms. The topological polar surface area (TPSA) is 6.48 Å². The van der Waals surface area contributed by atoms with Gasteiger partial charge in [0.2, 0.25) is 0 Å². The minimum atomic E-state index is 1.22. The molecule has 1 aliphatic rings. The van der Waals surface area contributed by atoms with Crippen LogP contribution in [0.2, 0.25) is 0 Å². The average molecular weight is 288 g/mol. The van der Waals surface area contributed by atoms with E-state index in [1.54, 1.807) is 5.56 Å². The molecule has 0 atom stereocenters. The van der Waals surface area contributed by atoms with E-state index in [9.17, 15) is 0 Å². The van der Waals surface area contributed by atoms with Crippen molar-refractivity contribution in [3.8, 4) is 0 Å². The quantitative estimate of drug-likeness (QED) is 0.838. The first kappa shape index (κ1) is 16.5. The first-order valence-corrected chi connectivity index (χ1v) is 8.38. The molecule has 2 nitrogen and oxygen atoms in total. The van der Waals surface area contributed by atoms with Crippen LogP contribution in [-0.4, -0.2) is 49.6 Å². The van der Waals surface area contributed by atoms with E-state index in [0.717, 1.165) is 0 Å². The maximum absolute atomic E-state index is 2.62. The Balaban J connectivity index is 1.97. The third kappa shape index (κ3) is 3.67. The SMILES string of the molecule is Cc1c(C)c(C)c(CCCN2CCN(C)CC2)c(C)c1C. The molecular weight excluding hydrogens is 256 g/mol. The van der Waals surface area contributed by atoms with Crippen LogP contribution in [-0.2, 0) is 6.42 Å². The molecule has 0 unspecified atom stereocenters. The normalized spacial score (nSPS) is 17.4. The van der Waals surface area contributed by atoms with Crippen molar-refractivity contribution in [2.45, 2.75) is 47.5 Å². The number of rotatable bonds is 4. The van der Waals surface area contributed by atoms with Crippen LogP contribution in [0.25, 0.3) is 0 Å². The maximum atomic E-state index is 2.62. The van der Waals surface area contributed by atoms with Crippen LogP contribution in [0.4, 0.5) is 0 Å². The summed E-state index contributed by atoms with van der Waals surface area (Å²) in [5.41, 5.74) is 9.11. The van der Waals surface area contributed by atoms with Gasteiger partial charge in [0, 0.05) is 26.2 Å². The molecular formula is C19H32N2. The second-order valence-electron chi connectivity index (χ2n) is 6.85. The third-order valence-corrected chi connectivity index (χ3v) is 5.65. The molecule has 0 aliphatic carbocycles. The van der Waals surface area contributed by atoms with E-state index < -0.39 is 0 Å². The Morgan fingerprint density at radius 2 is 1.19 bits per heavy atom. The third-order valence-electron chi connectivity index (χ3n) is 5.65. The summed E-state index contributed by atoms with van der Waals surface area (Å²) < 4.78 is 0. The number of hydrogen-bond donors (Lipinski definition) is 0. The van der Waals surface area contributed by atoms with Gasteiger partial charge >= 0.3 is 0 Å². The fourth-order valence-electron chi connectivity index (χ4n) is 3.50. The highest BCUT2D eigenvalue weighted by Crippen LogP contribution is 2.27. The van der Waals surface area contributed by atoms with Crippen LogP contribution < -0.4 is 0 Å². The predicted molar refractivity (Wildman–Crippen MR) is 92.4 cm³/mol. The van der Waals surface area contributed by atoms with Gasteiger partial charge in [-0.1, -0.05) is 0 Å². The highest BCUT2D eigenvalue weighted by Gasteiger charge is 2.15. The van der Waals surface area contributed by atoms with Gasteiger partial charge in [-0.25, -0.2) is 0 Å². The molecule has 118 valence electrons. The van der Waals surface area contributed by atoms with Gasteiger partial charge in [0.25, 0.3) is 0 Å². The Bertz CT molecular complexity index is 468. The number of nitrogens with zero attached hydrogens (tertiary/aromatic N) is 2. The van der Waals surface area contributed by atoms with Crippen LogP contribution >= 0.6 is 0 Å². The van der Waals surface area contributed by atoms with Gasteiger partial charge in [0.15, 0.2) is 0 Å². The number of hydrogen-bond acceptors (Lipinski definition) is 2. The number of piperazine rings is 1. The molecule has 2 rings (SSSR count). The van der Waals surface area contributed by atoms with Crippen LogP contribution in [0.15, 0.2) is 0 Å². The predicted octanol–water partition coefficient (Wildman–Crippen LogP) is 3.41. The fraction of sp³-hybridized carbons (Fsp3) is 0.684. The molecule has 1 fully saturated rings. The molecule has 0 saturated carbocycles. The Hall–Kier alpha value is -0.860. The monoisotopic (exact) mass is 288 g/mol. The molecule has 1 heterocycles. The van der Waals surface area contributed by atoms with Gasteiger partial charge in [-0.3, -0.25) is 0 Å². The van der Waals surface area contributed by atoms with Crippen molar-refractivity contribution in [2.24, 2.45) is 0 Å². The smallest absolute Gasteiger partial charge is 0.0110 e. The molecule has 2 heteroatoms. The summed E-state index contributed by atoms with van der Waals surface area (Å²) in [6.07, 6.45) is 2.51. The molecule has 21 heavy (non-hydrogen) atoms. The minimum Gasteiger partial charge on any atom is -0.304 e. The molecule has 1 aliphatic heterocycles. The number of likely N-dealkylation sites (N-methyl/N-ethyl adjacent to an activating group) is 1. The molecule has 1 saturated heterocycles. The first-order valence-electron chi connectivity index (χ1n) is 8.38. The van der Waals surface area contributed by atoms with Crippen molar-refractivity contribution in [1.29, 1.82) is 0 Å². The van der Waals surface area contributed by atoms with Crippen molar-refractivity contribution in [3.05, 3.63) is 33.4 Å². The van der Waals surface area contributed by atoms with Crippen LogP contribution in [0.5, 0.6) is 0 Å². The Kier molecular flexibility index (Phi) is 5.45. The van der Waals surface area contributed by atoms with Crippen molar-refractivity contribution in [2.75, 3.05) is 39.8 Å². The summed E-state index contributed by atoms with van der Waals surface area (Å²) in [5, 5.41) is 0. The van der Waals surface area contributed by atoms with E-state index in [1.165, 1.54) is 73.4 Å². The lowest BCUT2D eigenvalue weighted by atomic mass is 9.87. The molecule has 0 aromatic heterocycles. The summed E-state index contributed by atoms with van der Waals surface area (Å²) in [6, 6.07) is 0. The highest BCUT2D eigenvalue weighted by atomic mass is 15.2. The lowest BCUT2D eigenvalue weighted by molar-refractivity contribution is 0.153. The maximum Gasteiger partial charge on any atom is 0.0110 e. The Morgan fingerprint density at radius 3 is 1.71 bits per heavy atom. The fourth-order valence-corrected chi connectivity index (χ4v) is 3.50. The molecule has 0 spiro atoms. The first-order chi connectivity index (χ1) is 9.91. The van der Waals surface area contributed by atoms with E-state index >= 15 is 0 Å². The zero-order valence-corrected chi connectivity index (χ0v) is 14.8. The van der Waals surface area contributed by atoms with E-state index in [4.69, 9.17) is 0 Å². The lowest BCUT2D eigenvalue weighted by Gasteiger charge is -2.32. The zero-order valence-electron chi connectivity index (χ0n) is 14.8. The van der Waals surface area contributed by atoms with Gasteiger partial charge in [-0.2, -0.15) is 0 Å². The largest absolute Gasteiger partial charge is 0.304 e. The summed E-state index contributed by atoms with van der Waals surface area (Å²) >= 11 is 0. The van der Waals surface area contributed by atoms with E-state index in [0.29, 0.717) is 0 Å². The van der Waals surface area contributed by atoms with Gasteiger partial charge in [0.1, 0.15) is 0 Å². The summed E-state index contributed by atoms with van der Waals surface area (Å²) in [7, 11) is 2.22. The van der Waals surface area contributed by atoms with E-state index in [1.807, 2.05) is 0 Å². The second kappa shape index (κ2) is 6.93. The van der Waals surface area contributed by atoms with Gasteiger partial charge in [-0.15, -0.1) is 0 Å². The summed E-state index contributed by atoms with van der Waals surface area (Å²) in [5.74, 6) is 0. The molecule has 0 N–H and O–H groups in total. The van der Waals surface area contributed by atoms with Gasteiger partial charge in [0.05, 0.1) is 0 Å². The van der Waals surface area contributed by atoms with Crippen molar-refractivity contribution in [3.63, 3.8) is 0 Å². The van der Waals surface area contributed by atoms with Crippen molar-refractivity contribution >= 4 is 0 Å². The zero-order chi connectivity index (χ0) is 15.6. The Labute approximate surface area is 131 Å². The summed E-state index contributed by atoms with van der Waals surface area (Å²) in [6.45, 7) is 17.6. The van der Waals surface area contributed by atoms with Crippen molar-refractivity contribution in [1.82, 2.24) is 9.80 Å². The van der Waals surface area contributed by atoms with E-state index in [-0.39, 0.29) is 0 Å². The summed E-state index contributed by atoms with van der Waals surface area (Å²) in [4.78, 5) is 5.05. The second-order valence-corrected chi connectivity index (χ2v) is 6.85. The van der Waals surface area contributed by atoms with Gasteiger partial charge < -0.3 is 9.80 Å². The van der Waals surface area contributed by atoms with Crippen LogP contribution in [0.3, 0.4) is 0 Å². The highest BCUT2D eigenvalue weighted by molar-refractivity contribution is 5.49. The molecule has 0 radical (unpaired) electrons. The lowest BCUT2D eigenvalue weighted by Crippen LogP contribution is -2.44. The average Bonchev–Trinajstić information content (AvgIpc) is 2.48. The minimum absolute atomic E-state index is 1.22. The van der Waals surface area contributed by atoms with E-state index in [2.05, 4.69) is 51.5 Å². The molecule has 1 aromatic rings. The van der Waals surface area contributed by atoms with Gasteiger partial charge in [-0.05, 0) is 94.4 Å².